The molecule has 3 rings (SSSR count). The molecule has 0 fully saturated rings. The first-order chi connectivity index (χ1) is 8.18. The highest BCUT2D eigenvalue weighted by atomic mass is 16.4. The summed E-state index contributed by atoms with van der Waals surface area (Å²) in [5, 5.41) is 12.2. The second-order valence-corrected chi connectivity index (χ2v) is 4.03. The van der Waals surface area contributed by atoms with Crippen molar-refractivity contribution in [2.75, 3.05) is 0 Å². The summed E-state index contributed by atoms with van der Waals surface area (Å²) < 4.78 is 5.18. The van der Waals surface area contributed by atoms with Crippen LogP contribution in [-0.4, -0.2) is 5.11 Å². The highest BCUT2D eigenvalue weighted by Gasteiger charge is 2.11. The predicted molar refractivity (Wildman–Crippen MR) is 66.4 cm³/mol. The molecular formula is C14H10O3. The van der Waals surface area contributed by atoms with Gasteiger partial charge in [0.2, 0.25) is 5.75 Å². The average Bonchev–Trinajstić information content (AvgIpc) is 2.36. The van der Waals surface area contributed by atoms with Crippen LogP contribution in [0, 0.1) is 6.92 Å². The Balaban J connectivity index is 2.64. The van der Waals surface area contributed by atoms with Crippen molar-refractivity contribution in [3.63, 3.8) is 0 Å². The van der Waals surface area contributed by atoms with Crippen LogP contribution in [0.2, 0.25) is 0 Å². The van der Waals surface area contributed by atoms with E-state index in [0.29, 0.717) is 11.1 Å². The lowest BCUT2D eigenvalue weighted by Crippen LogP contribution is -2.00. The van der Waals surface area contributed by atoms with Crippen molar-refractivity contribution in [2.24, 2.45) is 0 Å². The normalized spacial score (nSPS) is 11.1. The van der Waals surface area contributed by atoms with Gasteiger partial charge >= 0.3 is 5.63 Å². The lowest BCUT2D eigenvalue weighted by Gasteiger charge is -2.05. The molecule has 3 heteroatoms. The third-order valence-electron chi connectivity index (χ3n) is 3.03. The molecular weight excluding hydrogens is 216 g/mol. The molecule has 0 bridgehead atoms. The molecule has 0 spiro atoms. The molecule has 3 nitrogen and oxygen atoms in total. The molecule has 0 saturated carbocycles. The van der Waals surface area contributed by atoms with Gasteiger partial charge in [0.1, 0.15) is 5.58 Å². The van der Waals surface area contributed by atoms with Crippen LogP contribution in [0.3, 0.4) is 0 Å². The predicted octanol–water partition coefficient (Wildman–Crippen LogP) is 2.96. The van der Waals surface area contributed by atoms with Gasteiger partial charge in [-0.15, -0.1) is 0 Å². The summed E-state index contributed by atoms with van der Waals surface area (Å²) in [5.74, 6) is -0.312. The highest BCUT2D eigenvalue weighted by Crippen LogP contribution is 2.29. The summed E-state index contributed by atoms with van der Waals surface area (Å²) in [4.78, 5) is 11.5. The van der Waals surface area contributed by atoms with Gasteiger partial charge < -0.3 is 9.52 Å². The van der Waals surface area contributed by atoms with Crippen LogP contribution in [0.5, 0.6) is 5.75 Å². The molecule has 84 valence electrons. The van der Waals surface area contributed by atoms with Gasteiger partial charge in [0, 0.05) is 16.3 Å². The Kier molecular flexibility index (Phi) is 1.95. The minimum Gasteiger partial charge on any atom is -0.502 e. The van der Waals surface area contributed by atoms with Gasteiger partial charge in [-0.25, -0.2) is 4.79 Å². The maximum absolute atomic E-state index is 11.5. The fraction of sp³-hybridized carbons (Fsp3) is 0.0714. The summed E-state index contributed by atoms with van der Waals surface area (Å²) in [7, 11) is 0. The van der Waals surface area contributed by atoms with Crippen molar-refractivity contribution in [3.05, 3.63) is 52.4 Å². The number of aryl methyl sites for hydroxylation is 1. The Bertz CT molecular complexity index is 784. The van der Waals surface area contributed by atoms with Gasteiger partial charge in [-0.3, -0.25) is 0 Å². The van der Waals surface area contributed by atoms with E-state index < -0.39 is 5.63 Å². The van der Waals surface area contributed by atoms with E-state index in [2.05, 4.69) is 0 Å². The monoisotopic (exact) mass is 226 g/mol. The molecule has 0 saturated heterocycles. The van der Waals surface area contributed by atoms with Gasteiger partial charge in [0.05, 0.1) is 0 Å². The lowest BCUT2D eigenvalue weighted by atomic mass is 10.0. The van der Waals surface area contributed by atoms with Gasteiger partial charge in [0.25, 0.3) is 0 Å². The van der Waals surface area contributed by atoms with Crippen LogP contribution in [0.4, 0.5) is 0 Å². The number of aromatic hydroxyl groups is 1. The largest absolute Gasteiger partial charge is 0.502 e. The van der Waals surface area contributed by atoms with E-state index in [1.807, 2.05) is 36.4 Å². The van der Waals surface area contributed by atoms with Gasteiger partial charge in [-0.2, -0.15) is 0 Å². The van der Waals surface area contributed by atoms with Crippen LogP contribution in [0.15, 0.2) is 45.6 Å². The molecule has 0 atom stereocenters. The molecule has 1 N–H and O–H groups in total. The number of hydrogen-bond donors (Lipinski definition) is 1. The zero-order valence-corrected chi connectivity index (χ0v) is 9.23. The quantitative estimate of drug-likeness (QED) is 0.473. The second kappa shape index (κ2) is 3.35. The SMILES string of the molecule is Cc1c(O)c(=O)oc2c1ccc1ccccc12. The van der Waals surface area contributed by atoms with Crippen LogP contribution in [-0.2, 0) is 0 Å². The van der Waals surface area contributed by atoms with Crippen LogP contribution >= 0.6 is 0 Å². The van der Waals surface area contributed by atoms with Gasteiger partial charge in [-0.1, -0.05) is 36.4 Å². The van der Waals surface area contributed by atoms with E-state index in [1.54, 1.807) is 6.92 Å². The molecule has 1 heterocycles. The van der Waals surface area contributed by atoms with Crippen LogP contribution < -0.4 is 5.63 Å². The van der Waals surface area contributed by atoms with Crippen molar-refractivity contribution in [1.29, 1.82) is 0 Å². The summed E-state index contributed by atoms with van der Waals surface area (Å²) in [6.07, 6.45) is 0. The second-order valence-electron chi connectivity index (χ2n) is 4.03. The molecule has 0 aliphatic carbocycles. The third kappa shape index (κ3) is 1.32. The third-order valence-corrected chi connectivity index (χ3v) is 3.03. The van der Waals surface area contributed by atoms with E-state index in [1.165, 1.54) is 0 Å². The van der Waals surface area contributed by atoms with E-state index in [4.69, 9.17) is 4.42 Å². The number of benzene rings is 2. The van der Waals surface area contributed by atoms with Crippen molar-refractivity contribution in [2.45, 2.75) is 6.92 Å². The van der Waals surface area contributed by atoms with Crippen molar-refractivity contribution < 1.29 is 9.52 Å². The average molecular weight is 226 g/mol. The van der Waals surface area contributed by atoms with Crippen molar-refractivity contribution in [1.82, 2.24) is 0 Å². The molecule has 0 radical (unpaired) electrons. The molecule has 2 aromatic carbocycles. The zero-order valence-electron chi connectivity index (χ0n) is 9.23. The molecule has 0 aliphatic rings. The first-order valence-electron chi connectivity index (χ1n) is 5.32. The molecule has 3 aromatic rings. The Morgan fingerprint density at radius 3 is 2.65 bits per heavy atom. The topological polar surface area (TPSA) is 50.4 Å². The van der Waals surface area contributed by atoms with E-state index in [9.17, 15) is 9.90 Å². The lowest BCUT2D eigenvalue weighted by molar-refractivity contribution is 0.425. The number of hydrogen-bond acceptors (Lipinski definition) is 3. The Labute approximate surface area is 96.9 Å². The first-order valence-corrected chi connectivity index (χ1v) is 5.32. The van der Waals surface area contributed by atoms with E-state index >= 15 is 0 Å². The van der Waals surface area contributed by atoms with Crippen LogP contribution in [0.25, 0.3) is 21.7 Å². The number of fused-ring (bicyclic) bond motifs is 3. The number of rotatable bonds is 0. The smallest absolute Gasteiger partial charge is 0.379 e. The maximum atomic E-state index is 11.5. The van der Waals surface area contributed by atoms with E-state index in [-0.39, 0.29) is 5.75 Å². The summed E-state index contributed by atoms with van der Waals surface area (Å²) in [6.45, 7) is 1.71. The zero-order chi connectivity index (χ0) is 12.0. The maximum Gasteiger partial charge on any atom is 0.379 e. The Hall–Kier alpha value is -2.29. The molecule has 1 aromatic heterocycles. The van der Waals surface area contributed by atoms with Crippen LogP contribution in [0.1, 0.15) is 5.56 Å². The van der Waals surface area contributed by atoms with Gasteiger partial charge in [0.15, 0.2) is 0 Å². The minimum absolute atomic E-state index is 0.312. The van der Waals surface area contributed by atoms with E-state index in [0.717, 1.165) is 16.2 Å². The summed E-state index contributed by atoms with van der Waals surface area (Å²) in [6, 6.07) is 11.5. The fourth-order valence-corrected chi connectivity index (χ4v) is 2.07. The fourth-order valence-electron chi connectivity index (χ4n) is 2.07. The van der Waals surface area contributed by atoms with Gasteiger partial charge in [-0.05, 0) is 12.3 Å². The molecule has 0 aliphatic heterocycles. The first kappa shape index (κ1) is 9.90. The summed E-state index contributed by atoms with van der Waals surface area (Å²) in [5.41, 5.74) is 0.400. The minimum atomic E-state index is -0.689. The van der Waals surface area contributed by atoms with Crippen molar-refractivity contribution >= 4 is 21.7 Å². The summed E-state index contributed by atoms with van der Waals surface area (Å²) >= 11 is 0. The molecule has 17 heavy (non-hydrogen) atoms. The Morgan fingerprint density at radius 1 is 1.06 bits per heavy atom. The molecule has 0 unspecified atom stereocenters. The highest BCUT2D eigenvalue weighted by molar-refractivity contribution is 6.05. The standard InChI is InChI=1S/C14H10O3/c1-8-10-7-6-9-4-2-3-5-11(9)13(10)17-14(16)12(8)15/h2-7,15H,1H3. The van der Waals surface area contributed by atoms with Crippen molar-refractivity contribution in [3.8, 4) is 5.75 Å². The molecule has 0 amide bonds. The Morgan fingerprint density at radius 2 is 1.82 bits per heavy atom.